The molecule has 2 N–H and O–H groups in total. The van der Waals surface area contributed by atoms with Gasteiger partial charge in [0.15, 0.2) is 0 Å². The lowest BCUT2D eigenvalue weighted by molar-refractivity contribution is 0.398. The molecule has 1 aliphatic heterocycles. The highest BCUT2D eigenvalue weighted by Crippen LogP contribution is 2.35. The Morgan fingerprint density at radius 2 is 1.82 bits per heavy atom. The summed E-state index contributed by atoms with van der Waals surface area (Å²) in [6, 6.07) is 0.470. The second-order valence-corrected chi connectivity index (χ2v) is 5.62. The Kier molecular flexibility index (Phi) is 3.19. The van der Waals surface area contributed by atoms with Crippen LogP contribution in [0.25, 0.3) is 0 Å². The van der Waals surface area contributed by atoms with Crippen molar-refractivity contribution in [2.45, 2.75) is 63.8 Å². The van der Waals surface area contributed by atoms with E-state index in [2.05, 4.69) is 17.2 Å². The van der Waals surface area contributed by atoms with Gasteiger partial charge < -0.3 is 10.3 Å². The molecule has 3 heteroatoms. The zero-order valence-electron chi connectivity index (χ0n) is 10.8. The van der Waals surface area contributed by atoms with Crippen LogP contribution < -0.4 is 5.32 Å². The zero-order valence-corrected chi connectivity index (χ0v) is 10.8. The molecule has 1 aliphatic carbocycles. The molecule has 0 amide bonds. The first-order valence-electron chi connectivity index (χ1n) is 7.14. The van der Waals surface area contributed by atoms with Gasteiger partial charge in [0.25, 0.3) is 0 Å². The summed E-state index contributed by atoms with van der Waals surface area (Å²) >= 11 is 0. The summed E-state index contributed by atoms with van der Waals surface area (Å²) in [6.45, 7) is 3.33. The molecule has 1 saturated carbocycles. The maximum Gasteiger partial charge on any atom is 0.123 e. The Morgan fingerprint density at radius 3 is 2.53 bits per heavy atom. The predicted molar refractivity (Wildman–Crippen MR) is 69.1 cm³/mol. The third kappa shape index (κ3) is 2.25. The highest BCUT2D eigenvalue weighted by Gasteiger charge is 2.24. The molecule has 0 spiro atoms. The zero-order chi connectivity index (χ0) is 11.7. The number of H-pyrrole nitrogens is 1. The van der Waals surface area contributed by atoms with Crippen molar-refractivity contribution in [1.82, 2.24) is 15.3 Å². The molecule has 3 nitrogen and oxygen atoms in total. The number of rotatable bonds is 2. The standard InChI is InChI=1S/C14H23N3/c1-10-13(11-6-2-3-7-11)17-14(16-10)12-8-4-5-9-15-12/h11-12,15H,2-9H2,1H3,(H,16,17). The van der Waals surface area contributed by atoms with Crippen molar-refractivity contribution in [3.63, 3.8) is 0 Å². The van der Waals surface area contributed by atoms with Crippen LogP contribution in [0.1, 0.15) is 74.1 Å². The van der Waals surface area contributed by atoms with Crippen molar-refractivity contribution in [3.05, 3.63) is 17.2 Å². The molecule has 2 heterocycles. The van der Waals surface area contributed by atoms with Gasteiger partial charge in [-0.25, -0.2) is 4.98 Å². The van der Waals surface area contributed by atoms with Crippen molar-refractivity contribution in [2.24, 2.45) is 0 Å². The Labute approximate surface area is 103 Å². The van der Waals surface area contributed by atoms with E-state index < -0.39 is 0 Å². The fourth-order valence-electron chi connectivity index (χ4n) is 3.34. The molecule has 0 radical (unpaired) electrons. The van der Waals surface area contributed by atoms with Crippen LogP contribution in [0.15, 0.2) is 0 Å². The highest BCUT2D eigenvalue weighted by atomic mass is 15.0. The third-order valence-electron chi connectivity index (χ3n) is 4.32. The lowest BCUT2D eigenvalue weighted by Crippen LogP contribution is -2.27. The van der Waals surface area contributed by atoms with Gasteiger partial charge in [0.2, 0.25) is 0 Å². The summed E-state index contributed by atoms with van der Waals surface area (Å²) in [5, 5.41) is 3.57. The van der Waals surface area contributed by atoms with Crippen molar-refractivity contribution in [2.75, 3.05) is 6.54 Å². The van der Waals surface area contributed by atoms with Crippen molar-refractivity contribution >= 4 is 0 Å². The number of hydrogen-bond acceptors (Lipinski definition) is 2. The average molecular weight is 233 g/mol. The number of nitrogens with one attached hydrogen (secondary N) is 2. The normalized spacial score (nSPS) is 26.5. The van der Waals surface area contributed by atoms with E-state index in [1.165, 1.54) is 62.2 Å². The third-order valence-corrected chi connectivity index (χ3v) is 4.32. The molecule has 3 rings (SSSR count). The molecule has 1 saturated heterocycles. The Hall–Kier alpha value is -0.830. The Bertz CT molecular complexity index is 371. The largest absolute Gasteiger partial charge is 0.345 e. The van der Waals surface area contributed by atoms with Gasteiger partial charge in [-0.3, -0.25) is 0 Å². The van der Waals surface area contributed by atoms with Gasteiger partial charge in [0.1, 0.15) is 5.82 Å². The van der Waals surface area contributed by atoms with Gasteiger partial charge >= 0.3 is 0 Å². The molecule has 0 bridgehead atoms. The van der Waals surface area contributed by atoms with Gasteiger partial charge in [-0.2, -0.15) is 0 Å². The van der Waals surface area contributed by atoms with Crippen LogP contribution in [0.2, 0.25) is 0 Å². The number of aromatic nitrogens is 2. The Balaban J connectivity index is 1.79. The number of aryl methyl sites for hydroxylation is 1. The molecule has 2 fully saturated rings. The fraction of sp³-hybridized carbons (Fsp3) is 0.786. The molecule has 1 atom stereocenters. The first kappa shape index (κ1) is 11.3. The van der Waals surface area contributed by atoms with E-state index in [1.807, 2.05) is 0 Å². The second kappa shape index (κ2) is 4.81. The monoisotopic (exact) mass is 233 g/mol. The number of nitrogens with zero attached hydrogens (tertiary/aromatic N) is 1. The quantitative estimate of drug-likeness (QED) is 0.823. The van der Waals surface area contributed by atoms with E-state index in [1.54, 1.807) is 0 Å². The minimum Gasteiger partial charge on any atom is -0.345 e. The predicted octanol–water partition coefficient (Wildman–Crippen LogP) is 3.19. The number of imidazole rings is 1. The maximum atomic E-state index is 4.90. The van der Waals surface area contributed by atoms with Gasteiger partial charge in [-0.05, 0) is 39.2 Å². The minimum atomic E-state index is 0.470. The van der Waals surface area contributed by atoms with Gasteiger partial charge in [-0.1, -0.05) is 19.3 Å². The minimum absolute atomic E-state index is 0.470. The van der Waals surface area contributed by atoms with E-state index in [-0.39, 0.29) is 0 Å². The van der Waals surface area contributed by atoms with Crippen LogP contribution in [-0.2, 0) is 0 Å². The second-order valence-electron chi connectivity index (χ2n) is 5.62. The van der Waals surface area contributed by atoms with E-state index in [9.17, 15) is 0 Å². The van der Waals surface area contributed by atoms with E-state index >= 15 is 0 Å². The van der Waals surface area contributed by atoms with E-state index in [4.69, 9.17) is 4.98 Å². The smallest absolute Gasteiger partial charge is 0.123 e. The van der Waals surface area contributed by atoms with Gasteiger partial charge in [0, 0.05) is 11.6 Å². The molecule has 94 valence electrons. The summed E-state index contributed by atoms with van der Waals surface area (Å²) in [7, 11) is 0. The van der Waals surface area contributed by atoms with Crippen LogP contribution in [-0.4, -0.2) is 16.5 Å². The van der Waals surface area contributed by atoms with Crippen LogP contribution in [0, 0.1) is 6.92 Å². The van der Waals surface area contributed by atoms with Gasteiger partial charge in [-0.15, -0.1) is 0 Å². The topological polar surface area (TPSA) is 40.7 Å². The fourth-order valence-corrected chi connectivity index (χ4v) is 3.34. The van der Waals surface area contributed by atoms with Crippen LogP contribution in [0.5, 0.6) is 0 Å². The summed E-state index contributed by atoms with van der Waals surface area (Å²) in [4.78, 5) is 8.42. The lowest BCUT2D eigenvalue weighted by atomic mass is 10.0. The molecule has 1 aromatic heterocycles. The van der Waals surface area contributed by atoms with Gasteiger partial charge in [0.05, 0.1) is 11.7 Å². The SMILES string of the molecule is Cc1[nH]c(C2CCCCN2)nc1C1CCCC1. The lowest BCUT2D eigenvalue weighted by Gasteiger charge is -2.21. The molecule has 0 aromatic carbocycles. The number of piperidine rings is 1. The van der Waals surface area contributed by atoms with Crippen LogP contribution in [0.4, 0.5) is 0 Å². The molecule has 1 unspecified atom stereocenters. The van der Waals surface area contributed by atoms with Crippen LogP contribution in [0.3, 0.4) is 0 Å². The van der Waals surface area contributed by atoms with Crippen molar-refractivity contribution in [3.8, 4) is 0 Å². The first-order chi connectivity index (χ1) is 8.34. The number of aromatic amines is 1. The Morgan fingerprint density at radius 1 is 1.06 bits per heavy atom. The molecular weight excluding hydrogens is 210 g/mol. The maximum absolute atomic E-state index is 4.90. The van der Waals surface area contributed by atoms with Crippen molar-refractivity contribution < 1.29 is 0 Å². The van der Waals surface area contributed by atoms with E-state index in [0.29, 0.717) is 6.04 Å². The molecule has 1 aromatic rings. The first-order valence-corrected chi connectivity index (χ1v) is 7.14. The summed E-state index contributed by atoms with van der Waals surface area (Å²) < 4.78 is 0. The summed E-state index contributed by atoms with van der Waals surface area (Å²) in [6.07, 6.45) is 9.31. The van der Waals surface area contributed by atoms with Crippen LogP contribution >= 0.6 is 0 Å². The molecule has 17 heavy (non-hydrogen) atoms. The highest BCUT2D eigenvalue weighted by molar-refractivity contribution is 5.20. The average Bonchev–Trinajstić information content (AvgIpc) is 2.99. The number of hydrogen-bond donors (Lipinski definition) is 2. The van der Waals surface area contributed by atoms with E-state index in [0.717, 1.165) is 12.5 Å². The summed E-state index contributed by atoms with van der Waals surface area (Å²) in [5.41, 5.74) is 2.66. The summed E-state index contributed by atoms with van der Waals surface area (Å²) in [5.74, 6) is 1.91. The molecular formula is C14H23N3. The molecule has 2 aliphatic rings. The van der Waals surface area contributed by atoms with Crippen molar-refractivity contribution in [1.29, 1.82) is 0 Å².